The first-order valence-electron chi connectivity index (χ1n) is 5.96. The summed E-state index contributed by atoms with van der Waals surface area (Å²) in [7, 11) is 0. The molecule has 0 aromatic heterocycles. The Hall–Kier alpha value is -1.55. The van der Waals surface area contributed by atoms with E-state index in [2.05, 4.69) is 17.0 Å². The van der Waals surface area contributed by atoms with Gasteiger partial charge in [-0.25, -0.2) is 4.79 Å². The van der Waals surface area contributed by atoms with Crippen molar-refractivity contribution in [3.63, 3.8) is 0 Å². The summed E-state index contributed by atoms with van der Waals surface area (Å²) in [5.74, 6) is 0. The monoisotopic (exact) mass is 234 g/mol. The molecule has 1 amide bonds. The topological polar surface area (TPSA) is 55.6 Å². The van der Waals surface area contributed by atoms with E-state index < -0.39 is 6.09 Å². The molecule has 4 heteroatoms. The lowest BCUT2D eigenvalue weighted by molar-refractivity contribution is 0.112. The number of benzene rings is 1. The van der Waals surface area contributed by atoms with Crippen LogP contribution >= 0.6 is 0 Å². The van der Waals surface area contributed by atoms with Crippen LogP contribution in [0, 0.1) is 0 Å². The van der Waals surface area contributed by atoms with Crippen LogP contribution in [0.4, 0.5) is 4.79 Å². The lowest BCUT2D eigenvalue weighted by Gasteiger charge is -2.23. The molecule has 1 fully saturated rings. The van der Waals surface area contributed by atoms with E-state index in [-0.39, 0.29) is 0 Å². The van der Waals surface area contributed by atoms with E-state index in [1.807, 2.05) is 18.2 Å². The Balaban J connectivity index is 1.89. The predicted molar refractivity (Wildman–Crippen MR) is 65.4 cm³/mol. The van der Waals surface area contributed by atoms with Crippen LogP contribution in [0.25, 0.3) is 0 Å². The molecule has 0 bridgehead atoms. The van der Waals surface area contributed by atoms with Crippen molar-refractivity contribution in [1.82, 2.24) is 4.90 Å². The SMILES string of the molecule is NC(=O)OCC1CCCN1Cc1ccccc1. The van der Waals surface area contributed by atoms with Gasteiger partial charge in [0.2, 0.25) is 0 Å². The van der Waals surface area contributed by atoms with Gasteiger partial charge in [-0.05, 0) is 24.9 Å². The van der Waals surface area contributed by atoms with Crippen LogP contribution in [-0.4, -0.2) is 30.2 Å². The normalized spacial score (nSPS) is 20.4. The second-order valence-corrected chi connectivity index (χ2v) is 4.38. The van der Waals surface area contributed by atoms with E-state index in [4.69, 9.17) is 10.5 Å². The van der Waals surface area contributed by atoms with E-state index in [0.717, 1.165) is 25.9 Å². The van der Waals surface area contributed by atoms with Crippen LogP contribution in [0.15, 0.2) is 30.3 Å². The molecule has 1 aromatic carbocycles. The molecule has 0 spiro atoms. The third-order valence-electron chi connectivity index (χ3n) is 3.15. The zero-order valence-corrected chi connectivity index (χ0v) is 9.84. The Labute approximate surface area is 101 Å². The molecule has 17 heavy (non-hydrogen) atoms. The number of hydrogen-bond acceptors (Lipinski definition) is 3. The third-order valence-corrected chi connectivity index (χ3v) is 3.15. The number of rotatable bonds is 4. The quantitative estimate of drug-likeness (QED) is 0.863. The number of carbonyl (C=O) groups is 1. The van der Waals surface area contributed by atoms with E-state index in [1.54, 1.807) is 0 Å². The smallest absolute Gasteiger partial charge is 0.404 e. The molecule has 0 radical (unpaired) electrons. The van der Waals surface area contributed by atoms with Crippen LogP contribution in [0.2, 0.25) is 0 Å². The molecule has 92 valence electrons. The molecule has 1 heterocycles. The van der Waals surface area contributed by atoms with Crippen LogP contribution in [0.1, 0.15) is 18.4 Å². The summed E-state index contributed by atoms with van der Waals surface area (Å²) in [6.45, 7) is 2.37. The lowest BCUT2D eigenvalue weighted by Crippen LogP contribution is -2.34. The fourth-order valence-electron chi connectivity index (χ4n) is 2.29. The number of amides is 1. The van der Waals surface area contributed by atoms with Crippen molar-refractivity contribution < 1.29 is 9.53 Å². The summed E-state index contributed by atoms with van der Waals surface area (Å²) < 4.78 is 4.89. The Morgan fingerprint density at radius 2 is 2.18 bits per heavy atom. The molecule has 1 aliphatic heterocycles. The summed E-state index contributed by atoms with van der Waals surface area (Å²) >= 11 is 0. The van der Waals surface area contributed by atoms with Crippen molar-refractivity contribution in [2.24, 2.45) is 5.73 Å². The maximum absolute atomic E-state index is 10.6. The average Bonchev–Trinajstić information content (AvgIpc) is 2.75. The maximum atomic E-state index is 10.6. The van der Waals surface area contributed by atoms with Gasteiger partial charge >= 0.3 is 6.09 Å². The molecular weight excluding hydrogens is 216 g/mol. The van der Waals surface area contributed by atoms with Gasteiger partial charge in [-0.2, -0.15) is 0 Å². The Morgan fingerprint density at radius 3 is 2.88 bits per heavy atom. The summed E-state index contributed by atoms with van der Waals surface area (Å²) in [4.78, 5) is 12.9. The standard InChI is InChI=1S/C13H18N2O2/c14-13(16)17-10-12-7-4-8-15(12)9-11-5-2-1-3-6-11/h1-3,5-6,12H,4,7-10H2,(H2,14,16). The molecule has 2 rings (SSSR count). The van der Waals surface area contributed by atoms with Crippen molar-refractivity contribution in [3.8, 4) is 0 Å². The summed E-state index contributed by atoms with van der Waals surface area (Å²) in [6, 6.07) is 10.6. The summed E-state index contributed by atoms with van der Waals surface area (Å²) in [5, 5.41) is 0. The van der Waals surface area contributed by atoms with Crippen molar-refractivity contribution in [3.05, 3.63) is 35.9 Å². The highest BCUT2D eigenvalue weighted by Gasteiger charge is 2.25. The fourth-order valence-corrected chi connectivity index (χ4v) is 2.29. The molecule has 1 saturated heterocycles. The highest BCUT2D eigenvalue weighted by atomic mass is 16.5. The molecule has 0 saturated carbocycles. The van der Waals surface area contributed by atoms with Gasteiger partial charge in [-0.3, -0.25) is 4.90 Å². The van der Waals surface area contributed by atoms with Crippen LogP contribution in [0.5, 0.6) is 0 Å². The van der Waals surface area contributed by atoms with Crippen LogP contribution < -0.4 is 5.73 Å². The zero-order chi connectivity index (χ0) is 12.1. The first-order chi connectivity index (χ1) is 8.25. The number of hydrogen-bond donors (Lipinski definition) is 1. The minimum absolute atomic E-state index is 0.308. The van der Waals surface area contributed by atoms with Gasteiger partial charge in [-0.15, -0.1) is 0 Å². The Kier molecular flexibility index (Phi) is 3.98. The fraction of sp³-hybridized carbons (Fsp3) is 0.462. The highest BCUT2D eigenvalue weighted by molar-refractivity contribution is 5.64. The second-order valence-electron chi connectivity index (χ2n) is 4.38. The van der Waals surface area contributed by atoms with E-state index in [9.17, 15) is 4.79 Å². The second kappa shape index (κ2) is 5.68. The number of nitrogens with zero attached hydrogens (tertiary/aromatic N) is 1. The number of nitrogens with two attached hydrogens (primary N) is 1. The van der Waals surface area contributed by atoms with Crippen LogP contribution in [0.3, 0.4) is 0 Å². The van der Waals surface area contributed by atoms with E-state index in [0.29, 0.717) is 12.6 Å². The summed E-state index contributed by atoms with van der Waals surface area (Å²) in [5.41, 5.74) is 6.28. The number of carbonyl (C=O) groups excluding carboxylic acids is 1. The van der Waals surface area contributed by atoms with E-state index in [1.165, 1.54) is 5.56 Å². The highest BCUT2D eigenvalue weighted by Crippen LogP contribution is 2.20. The lowest BCUT2D eigenvalue weighted by atomic mass is 10.2. The summed E-state index contributed by atoms with van der Waals surface area (Å²) in [6.07, 6.45) is 1.54. The average molecular weight is 234 g/mol. The van der Waals surface area contributed by atoms with Gasteiger partial charge in [0.15, 0.2) is 0 Å². The minimum Gasteiger partial charge on any atom is -0.448 e. The molecule has 2 N–H and O–H groups in total. The molecule has 0 aliphatic carbocycles. The Bertz CT molecular complexity index is 367. The molecule has 1 unspecified atom stereocenters. The number of ether oxygens (including phenoxy) is 1. The van der Waals surface area contributed by atoms with E-state index >= 15 is 0 Å². The van der Waals surface area contributed by atoms with Crippen molar-refractivity contribution in [2.45, 2.75) is 25.4 Å². The van der Waals surface area contributed by atoms with Gasteiger partial charge in [0.25, 0.3) is 0 Å². The van der Waals surface area contributed by atoms with Gasteiger partial charge in [0.1, 0.15) is 6.61 Å². The number of likely N-dealkylation sites (tertiary alicyclic amines) is 1. The first kappa shape index (κ1) is 11.9. The minimum atomic E-state index is -0.684. The maximum Gasteiger partial charge on any atom is 0.404 e. The van der Waals surface area contributed by atoms with Crippen LogP contribution in [-0.2, 0) is 11.3 Å². The van der Waals surface area contributed by atoms with Gasteiger partial charge < -0.3 is 10.5 Å². The Morgan fingerprint density at radius 1 is 1.41 bits per heavy atom. The van der Waals surface area contributed by atoms with Gasteiger partial charge in [0.05, 0.1) is 0 Å². The number of primary amides is 1. The van der Waals surface area contributed by atoms with Gasteiger partial charge in [-0.1, -0.05) is 30.3 Å². The molecule has 1 aromatic rings. The molecular formula is C13H18N2O2. The zero-order valence-electron chi connectivity index (χ0n) is 9.84. The van der Waals surface area contributed by atoms with Crippen molar-refractivity contribution >= 4 is 6.09 Å². The van der Waals surface area contributed by atoms with Crippen molar-refractivity contribution in [2.75, 3.05) is 13.2 Å². The largest absolute Gasteiger partial charge is 0.448 e. The predicted octanol–water partition coefficient (Wildman–Crippen LogP) is 1.75. The van der Waals surface area contributed by atoms with Crippen molar-refractivity contribution in [1.29, 1.82) is 0 Å². The molecule has 1 aliphatic rings. The first-order valence-corrected chi connectivity index (χ1v) is 5.96. The third kappa shape index (κ3) is 3.46. The molecule has 1 atom stereocenters. The van der Waals surface area contributed by atoms with Gasteiger partial charge in [0, 0.05) is 12.6 Å². The molecule has 4 nitrogen and oxygen atoms in total.